The van der Waals surface area contributed by atoms with Crippen LogP contribution in [0.25, 0.3) is 0 Å². The first kappa shape index (κ1) is 12.7. The minimum Gasteiger partial charge on any atom is -0.391 e. The van der Waals surface area contributed by atoms with Gasteiger partial charge < -0.3 is 8.85 Å². The van der Waals surface area contributed by atoms with Gasteiger partial charge in [-0.25, -0.2) is 0 Å². The van der Waals surface area contributed by atoms with Gasteiger partial charge in [-0.15, -0.1) is 0 Å². The number of hydrogen-bond donors (Lipinski definition) is 0. The molecule has 0 bridgehead atoms. The van der Waals surface area contributed by atoms with Crippen LogP contribution in [0.2, 0.25) is 11.6 Å². The SMILES string of the molecule is CCO[Si](C)(OCC)c1ccc(Cl)cc1. The third-order valence-electron chi connectivity index (χ3n) is 2.21. The zero-order valence-electron chi connectivity index (χ0n) is 9.42. The molecule has 0 amide bonds. The molecule has 0 saturated carbocycles. The average Bonchev–Trinajstić information content (AvgIpc) is 2.19. The highest BCUT2D eigenvalue weighted by Gasteiger charge is 2.33. The molecule has 0 aliphatic rings. The zero-order valence-corrected chi connectivity index (χ0v) is 11.2. The summed E-state index contributed by atoms with van der Waals surface area (Å²) in [5.74, 6) is 0. The molecular weight excluding hydrogens is 228 g/mol. The number of halogens is 1. The van der Waals surface area contributed by atoms with Crippen molar-refractivity contribution in [2.75, 3.05) is 13.2 Å². The van der Waals surface area contributed by atoms with Crippen molar-refractivity contribution >= 4 is 25.3 Å². The van der Waals surface area contributed by atoms with Crippen LogP contribution in [0.1, 0.15) is 13.8 Å². The van der Waals surface area contributed by atoms with Gasteiger partial charge in [0.05, 0.1) is 0 Å². The van der Waals surface area contributed by atoms with Crippen LogP contribution in [0.15, 0.2) is 24.3 Å². The van der Waals surface area contributed by atoms with Crippen molar-refractivity contribution < 1.29 is 8.85 Å². The van der Waals surface area contributed by atoms with Gasteiger partial charge >= 0.3 is 8.56 Å². The molecule has 0 radical (unpaired) electrons. The molecular formula is C11H17ClO2Si. The highest BCUT2D eigenvalue weighted by Crippen LogP contribution is 2.11. The van der Waals surface area contributed by atoms with E-state index in [4.69, 9.17) is 20.5 Å². The van der Waals surface area contributed by atoms with Gasteiger partial charge in [-0.3, -0.25) is 0 Å². The molecule has 0 saturated heterocycles. The molecule has 0 fully saturated rings. The van der Waals surface area contributed by atoms with Crippen molar-refractivity contribution in [1.29, 1.82) is 0 Å². The summed E-state index contributed by atoms with van der Waals surface area (Å²) in [6.07, 6.45) is 0. The molecule has 0 spiro atoms. The molecule has 2 nitrogen and oxygen atoms in total. The third kappa shape index (κ3) is 3.31. The van der Waals surface area contributed by atoms with Gasteiger partial charge in [0, 0.05) is 18.2 Å². The molecule has 1 aromatic rings. The van der Waals surface area contributed by atoms with Gasteiger partial charge in [0.15, 0.2) is 0 Å². The molecule has 4 heteroatoms. The molecule has 0 N–H and O–H groups in total. The Hall–Kier alpha value is -0.353. The molecule has 84 valence electrons. The van der Waals surface area contributed by atoms with Crippen molar-refractivity contribution in [2.45, 2.75) is 20.4 Å². The first-order valence-corrected chi connectivity index (χ1v) is 7.85. The van der Waals surface area contributed by atoms with Crippen LogP contribution in [0, 0.1) is 0 Å². The van der Waals surface area contributed by atoms with E-state index in [1.165, 1.54) is 0 Å². The highest BCUT2D eigenvalue weighted by atomic mass is 35.5. The van der Waals surface area contributed by atoms with Crippen molar-refractivity contribution in [2.24, 2.45) is 0 Å². The normalized spacial score (nSPS) is 11.7. The molecule has 0 atom stereocenters. The molecule has 0 unspecified atom stereocenters. The van der Waals surface area contributed by atoms with E-state index in [-0.39, 0.29) is 0 Å². The summed E-state index contributed by atoms with van der Waals surface area (Å²) in [4.78, 5) is 0. The Labute approximate surface area is 97.4 Å². The van der Waals surface area contributed by atoms with Crippen molar-refractivity contribution in [1.82, 2.24) is 0 Å². The second-order valence-corrected chi connectivity index (χ2v) is 6.80. The largest absolute Gasteiger partial charge is 0.391 e. The van der Waals surface area contributed by atoms with Gasteiger partial charge in [-0.05, 0) is 37.7 Å². The van der Waals surface area contributed by atoms with Crippen molar-refractivity contribution in [3.05, 3.63) is 29.3 Å². The van der Waals surface area contributed by atoms with Crippen LogP contribution in [0.5, 0.6) is 0 Å². The van der Waals surface area contributed by atoms with Crippen LogP contribution >= 0.6 is 11.6 Å². The quantitative estimate of drug-likeness (QED) is 0.742. The summed E-state index contributed by atoms with van der Waals surface area (Å²) >= 11 is 5.85. The lowest BCUT2D eigenvalue weighted by Crippen LogP contribution is -2.51. The number of rotatable bonds is 5. The Morgan fingerprint density at radius 3 is 1.93 bits per heavy atom. The Morgan fingerprint density at radius 1 is 1.07 bits per heavy atom. The molecule has 1 rings (SSSR count). The first-order chi connectivity index (χ1) is 7.12. The third-order valence-corrected chi connectivity index (χ3v) is 5.52. The summed E-state index contributed by atoms with van der Waals surface area (Å²) in [5.41, 5.74) is 0. The van der Waals surface area contributed by atoms with Crippen LogP contribution in [0.4, 0.5) is 0 Å². The maximum absolute atomic E-state index is 5.85. The zero-order chi connectivity index (χ0) is 11.3. The molecule has 0 heterocycles. The van der Waals surface area contributed by atoms with Gasteiger partial charge in [0.25, 0.3) is 0 Å². The fraction of sp³-hybridized carbons (Fsp3) is 0.455. The van der Waals surface area contributed by atoms with Crippen LogP contribution in [-0.4, -0.2) is 21.8 Å². The van der Waals surface area contributed by atoms with Crippen molar-refractivity contribution in [3.63, 3.8) is 0 Å². The minimum absolute atomic E-state index is 0.672. The predicted molar refractivity (Wildman–Crippen MR) is 66.0 cm³/mol. The summed E-state index contributed by atoms with van der Waals surface area (Å²) in [5, 5.41) is 1.86. The summed E-state index contributed by atoms with van der Waals surface area (Å²) in [6, 6.07) is 7.72. The minimum atomic E-state index is -2.21. The molecule has 0 aliphatic heterocycles. The van der Waals surface area contributed by atoms with E-state index in [0.717, 1.165) is 10.2 Å². The van der Waals surface area contributed by atoms with E-state index in [2.05, 4.69) is 6.55 Å². The Morgan fingerprint density at radius 2 is 1.53 bits per heavy atom. The van der Waals surface area contributed by atoms with Crippen LogP contribution in [0.3, 0.4) is 0 Å². The van der Waals surface area contributed by atoms with Crippen LogP contribution < -0.4 is 5.19 Å². The van der Waals surface area contributed by atoms with Crippen molar-refractivity contribution in [3.8, 4) is 0 Å². The van der Waals surface area contributed by atoms with E-state index >= 15 is 0 Å². The second kappa shape index (κ2) is 5.65. The van der Waals surface area contributed by atoms with Crippen LogP contribution in [-0.2, 0) is 8.85 Å². The smallest absolute Gasteiger partial charge is 0.369 e. The van der Waals surface area contributed by atoms with Gasteiger partial charge in [0.1, 0.15) is 0 Å². The molecule has 15 heavy (non-hydrogen) atoms. The summed E-state index contributed by atoms with van der Waals surface area (Å²) in [7, 11) is -2.21. The topological polar surface area (TPSA) is 18.5 Å². The maximum Gasteiger partial charge on any atom is 0.369 e. The molecule has 0 aromatic heterocycles. The second-order valence-electron chi connectivity index (χ2n) is 3.32. The Bertz CT molecular complexity index is 294. The fourth-order valence-electron chi connectivity index (χ4n) is 1.51. The number of benzene rings is 1. The maximum atomic E-state index is 5.85. The van der Waals surface area contributed by atoms with Gasteiger partial charge in [0.2, 0.25) is 0 Å². The van der Waals surface area contributed by atoms with E-state index in [0.29, 0.717) is 13.2 Å². The monoisotopic (exact) mass is 244 g/mol. The highest BCUT2D eigenvalue weighted by molar-refractivity contribution is 6.80. The predicted octanol–water partition coefficient (Wildman–Crippen LogP) is 2.69. The Balaban J connectivity index is 2.92. The lowest BCUT2D eigenvalue weighted by molar-refractivity contribution is 0.202. The molecule has 0 aliphatic carbocycles. The molecule has 1 aromatic carbocycles. The lowest BCUT2D eigenvalue weighted by atomic mass is 10.4. The van der Waals surface area contributed by atoms with Gasteiger partial charge in [-0.2, -0.15) is 0 Å². The number of hydrogen-bond acceptors (Lipinski definition) is 2. The standard InChI is InChI=1S/C11H17ClO2Si/c1-4-13-15(3,14-5-2)11-8-6-10(12)7-9-11/h6-9H,4-5H2,1-3H3. The summed E-state index contributed by atoms with van der Waals surface area (Å²) in [6.45, 7) is 7.38. The first-order valence-electron chi connectivity index (χ1n) is 5.16. The Kier molecular flexibility index (Phi) is 4.79. The van der Waals surface area contributed by atoms with Gasteiger partial charge in [-0.1, -0.05) is 23.7 Å². The average molecular weight is 245 g/mol. The fourth-order valence-corrected chi connectivity index (χ4v) is 3.93. The van der Waals surface area contributed by atoms with E-state index in [1.54, 1.807) is 0 Å². The van der Waals surface area contributed by atoms with E-state index in [1.807, 2.05) is 38.1 Å². The lowest BCUT2D eigenvalue weighted by Gasteiger charge is -2.26. The van der Waals surface area contributed by atoms with E-state index < -0.39 is 8.56 Å². The summed E-state index contributed by atoms with van der Waals surface area (Å²) < 4.78 is 11.5. The van der Waals surface area contributed by atoms with E-state index in [9.17, 15) is 0 Å².